The van der Waals surface area contributed by atoms with Gasteiger partial charge in [-0.25, -0.2) is 0 Å². The van der Waals surface area contributed by atoms with Gasteiger partial charge < -0.3 is 9.47 Å². The zero-order chi connectivity index (χ0) is 21.7. The molecule has 2 aromatic carbocycles. The van der Waals surface area contributed by atoms with Crippen LogP contribution in [0.1, 0.15) is 11.1 Å². The van der Waals surface area contributed by atoms with E-state index in [1.807, 2.05) is 42.5 Å². The minimum atomic E-state index is -0.278. The van der Waals surface area contributed by atoms with Gasteiger partial charge in [0, 0.05) is 19.1 Å². The average Bonchev–Trinajstić information content (AvgIpc) is 3.10. The Morgan fingerprint density at radius 2 is 1.63 bits per heavy atom. The highest BCUT2D eigenvalue weighted by Crippen LogP contribution is 2.39. The number of hydrogen-bond acceptors (Lipinski definition) is 6. The summed E-state index contributed by atoms with van der Waals surface area (Å²) in [5, 5.41) is 0. The first-order valence-corrected chi connectivity index (χ1v) is 12.1. The van der Waals surface area contributed by atoms with Crippen molar-refractivity contribution >= 4 is 66.9 Å². The molecule has 0 aliphatic carbocycles. The van der Waals surface area contributed by atoms with Crippen molar-refractivity contribution in [3.63, 3.8) is 0 Å². The summed E-state index contributed by atoms with van der Waals surface area (Å²) >= 11 is 10.2. The van der Waals surface area contributed by atoms with Gasteiger partial charge in [0.25, 0.3) is 0 Å². The summed E-state index contributed by atoms with van der Waals surface area (Å²) in [6.07, 6.45) is 0.431. The van der Waals surface area contributed by atoms with Crippen LogP contribution in [0.4, 0.5) is 0 Å². The van der Waals surface area contributed by atoms with Gasteiger partial charge in [0.05, 0.1) is 30.8 Å². The summed E-state index contributed by atoms with van der Waals surface area (Å²) in [6, 6.07) is 16.0. The smallest absolute Gasteiger partial charge is 0.310 e. The lowest BCUT2D eigenvalue weighted by atomic mass is 10.1. The van der Waals surface area contributed by atoms with Crippen LogP contribution in [-0.4, -0.2) is 26.2 Å². The van der Waals surface area contributed by atoms with E-state index in [-0.39, 0.29) is 24.8 Å². The molecule has 3 aromatic rings. The van der Waals surface area contributed by atoms with Gasteiger partial charge in [-0.05, 0) is 69.0 Å². The quantitative estimate of drug-likeness (QED) is 0.303. The van der Waals surface area contributed by atoms with Crippen LogP contribution in [0.5, 0.6) is 0 Å². The summed E-state index contributed by atoms with van der Waals surface area (Å²) in [6.45, 7) is 0. The van der Waals surface area contributed by atoms with Crippen LogP contribution in [0, 0.1) is 0 Å². The fourth-order valence-electron chi connectivity index (χ4n) is 2.84. The van der Waals surface area contributed by atoms with E-state index in [0.717, 1.165) is 39.6 Å². The second kappa shape index (κ2) is 10.6. The van der Waals surface area contributed by atoms with Gasteiger partial charge in [-0.1, -0.05) is 39.8 Å². The number of rotatable bonds is 7. The first-order chi connectivity index (χ1) is 14.4. The van der Waals surface area contributed by atoms with Crippen molar-refractivity contribution in [1.29, 1.82) is 0 Å². The second-order valence-corrected chi connectivity index (χ2v) is 10.8. The van der Waals surface area contributed by atoms with E-state index in [0.29, 0.717) is 0 Å². The Kier molecular flexibility index (Phi) is 8.16. The van der Waals surface area contributed by atoms with E-state index in [4.69, 9.17) is 9.47 Å². The summed E-state index contributed by atoms with van der Waals surface area (Å²) in [5.41, 5.74) is 2.86. The Balaban J connectivity index is 1.91. The van der Waals surface area contributed by atoms with Gasteiger partial charge in [-0.2, -0.15) is 0 Å². The average molecular weight is 570 g/mol. The van der Waals surface area contributed by atoms with E-state index in [1.165, 1.54) is 14.2 Å². The molecule has 0 saturated heterocycles. The monoisotopic (exact) mass is 568 g/mol. The number of hydrogen-bond donors (Lipinski definition) is 0. The van der Waals surface area contributed by atoms with Crippen LogP contribution in [0.2, 0.25) is 0 Å². The molecule has 0 atom stereocenters. The number of carbonyl (C=O) groups is 2. The molecule has 3 rings (SSSR count). The van der Waals surface area contributed by atoms with Crippen molar-refractivity contribution in [3.05, 3.63) is 67.9 Å². The second-order valence-electron chi connectivity index (χ2n) is 6.29. The minimum Gasteiger partial charge on any atom is -0.469 e. The number of benzene rings is 2. The molecule has 1 heterocycles. The molecule has 0 radical (unpaired) electrons. The van der Waals surface area contributed by atoms with E-state index in [2.05, 4.69) is 37.9 Å². The van der Waals surface area contributed by atoms with Crippen molar-refractivity contribution in [3.8, 4) is 10.4 Å². The number of thiophene rings is 1. The molecule has 4 nitrogen and oxygen atoms in total. The molecular weight excluding hydrogens is 552 g/mol. The highest BCUT2D eigenvalue weighted by molar-refractivity contribution is 9.11. The Bertz CT molecular complexity index is 1080. The van der Waals surface area contributed by atoms with Crippen LogP contribution >= 0.6 is 55.0 Å². The number of esters is 2. The molecule has 0 saturated carbocycles. The van der Waals surface area contributed by atoms with Crippen LogP contribution in [-0.2, 0) is 31.9 Å². The zero-order valence-corrected chi connectivity index (χ0v) is 21.0. The van der Waals surface area contributed by atoms with Crippen LogP contribution in [0.25, 0.3) is 10.4 Å². The lowest BCUT2D eigenvalue weighted by Gasteiger charge is -2.10. The van der Waals surface area contributed by atoms with Crippen molar-refractivity contribution in [1.82, 2.24) is 0 Å². The fourth-order valence-corrected chi connectivity index (χ4v) is 5.90. The molecule has 0 N–H and O–H groups in total. The predicted octanol–water partition coefficient (Wildman–Crippen LogP) is 6.52. The van der Waals surface area contributed by atoms with Crippen molar-refractivity contribution in [2.24, 2.45) is 0 Å². The van der Waals surface area contributed by atoms with Gasteiger partial charge >= 0.3 is 11.9 Å². The van der Waals surface area contributed by atoms with E-state index in [1.54, 1.807) is 23.1 Å². The molecule has 0 aliphatic rings. The van der Waals surface area contributed by atoms with Crippen LogP contribution < -0.4 is 0 Å². The Morgan fingerprint density at radius 3 is 2.33 bits per heavy atom. The molecule has 1 aromatic heterocycles. The van der Waals surface area contributed by atoms with E-state index < -0.39 is 0 Å². The van der Waals surface area contributed by atoms with Gasteiger partial charge in [0.2, 0.25) is 0 Å². The van der Waals surface area contributed by atoms with Crippen molar-refractivity contribution in [2.75, 3.05) is 14.2 Å². The molecule has 30 heavy (non-hydrogen) atoms. The third kappa shape index (κ3) is 5.97. The highest BCUT2D eigenvalue weighted by Gasteiger charge is 2.15. The number of ether oxygens (including phenoxy) is 2. The summed E-state index contributed by atoms with van der Waals surface area (Å²) in [4.78, 5) is 26.6. The Labute approximate surface area is 200 Å². The predicted molar refractivity (Wildman–Crippen MR) is 127 cm³/mol. The van der Waals surface area contributed by atoms with Crippen molar-refractivity contribution in [2.45, 2.75) is 22.6 Å². The fraction of sp³-hybridized carbons (Fsp3) is 0.182. The van der Waals surface area contributed by atoms with Crippen molar-refractivity contribution < 1.29 is 19.1 Å². The van der Waals surface area contributed by atoms with Crippen LogP contribution in [0.15, 0.2) is 66.6 Å². The molecule has 8 heteroatoms. The number of halogens is 2. The molecule has 0 fully saturated rings. The first kappa shape index (κ1) is 23.1. The topological polar surface area (TPSA) is 52.6 Å². The first-order valence-electron chi connectivity index (χ1n) is 8.88. The van der Waals surface area contributed by atoms with Gasteiger partial charge in [-0.15, -0.1) is 11.3 Å². The lowest BCUT2D eigenvalue weighted by Crippen LogP contribution is -2.05. The zero-order valence-electron chi connectivity index (χ0n) is 16.2. The standard InChI is InChI=1S/C22H18Br2O4S2/c1-27-20(25)11-14-8-16(23)6-7-18(14)29-17-5-3-4-13(9-17)22-15(10-19(24)30-22)12-21(26)28-2/h3-10H,11-12H2,1-2H3. The lowest BCUT2D eigenvalue weighted by molar-refractivity contribution is -0.140. The summed E-state index contributed by atoms with van der Waals surface area (Å²) in [7, 11) is 2.78. The molecule has 0 amide bonds. The molecule has 0 bridgehead atoms. The maximum Gasteiger partial charge on any atom is 0.310 e. The Morgan fingerprint density at radius 1 is 0.933 bits per heavy atom. The minimum absolute atomic E-state index is 0.207. The number of methoxy groups -OCH3 is 2. The number of carbonyl (C=O) groups excluding carboxylic acids is 2. The van der Waals surface area contributed by atoms with Gasteiger partial charge in [-0.3, -0.25) is 9.59 Å². The third-order valence-electron chi connectivity index (χ3n) is 4.25. The van der Waals surface area contributed by atoms with Gasteiger partial charge in [0.15, 0.2) is 0 Å². The maximum atomic E-state index is 11.8. The largest absolute Gasteiger partial charge is 0.469 e. The molecular formula is C22H18Br2O4S2. The Hall–Kier alpha value is -1.61. The SMILES string of the molecule is COC(=O)Cc1cc(Br)ccc1Sc1cccc(-c2sc(Br)cc2CC(=O)OC)c1. The highest BCUT2D eigenvalue weighted by atomic mass is 79.9. The third-order valence-corrected chi connectivity index (χ3v) is 7.58. The van der Waals surface area contributed by atoms with E-state index >= 15 is 0 Å². The van der Waals surface area contributed by atoms with Gasteiger partial charge in [0.1, 0.15) is 0 Å². The molecule has 0 unspecified atom stereocenters. The normalized spacial score (nSPS) is 10.7. The summed E-state index contributed by atoms with van der Waals surface area (Å²) in [5.74, 6) is -0.547. The summed E-state index contributed by atoms with van der Waals surface area (Å²) < 4.78 is 11.5. The molecule has 156 valence electrons. The van der Waals surface area contributed by atoms with Crippen LogP contribution in [0.3, 0.4) is 0 Å². The van der Waals surface area contributed by atoms with E-state index in [9.17, 15) is 9.59 Å². The molecule has 0 spiro atoms. The maximum absolute atomic E-state index is 11.8. The molecule has 0 aliphatic heterocycles.